The number of methoxy groups -OCH3 is 2. The van der Waals surface area contributed by atoms with E-state index in [2.05, 4.69) is 33.4 Å². The van der Waals surface area contributed by atoms with Gasteiger partial charge in [0.05, 0.1) is 14.2 Å². The van der Waals surface area contributed by atoms with E-state index >= 15 is 0 Å². The third kappa shape index (κ3) is 4.76. The lowest BCUT2D eigenvalue weighted by atomic mass is 10.1. The molecule has 0 heterocycles. The van der Waals surface area contributed by atoms with Crippen LogP contribution in [0.25, 0.3) is 0 Å². The van der Waals surface area contributed by atoms with Gasteiger partial charge in [-0.05, 0) is 54.4 Å². The van der Waals surface area contributed by atoms with E-state index in [-0.39, 0.29) is 0 Å². The van der Waals surface area contributed by atoms with E-state index in [1.807, 2.05) is 30.3 Å². The number of rotatable bonds is 7. The van der Waals surface area contributed by atoms with Gasteiger partial charge in [-0.15, -0.1) is 0 Å². The van der Waals surface area contributed by atoms with Crippen LogP contribution in [0.1, 0.15) is 11.1 Å². The second-order valence-corrected chi connectivity index (χ2v) is 5.59. The standard InChI is InChI=1S/C17H20BrNO2/c1-20-15-5-3-4-13(10-15)8-9-19-12-14-11-16(21-2)6-7-17(14)18/h3-7,10-11,19H,8-9,12H2,1-2H3. The first-order chi connectivity index (χ1) is 10.2. The molecule has 0 amide bonds. The van der Waals surface area contributed by atoms with Crippen molar-refractivity contribution < 1.29 is 9.47 Å². The highest BCUT2D eigenvalue weighted by Crippen LogP contribution is 2.22. The third-order valence-electron chi connectivity index (χ3n) is 3.29. The average Bonchev–Trinajstić information content (AvgIpc) is 2.53. The molecule has 112 valence electrons. The van der Waals surface area contributed by atoms with E-state index in [9.17, 15) is 0 Å². The van der Waals surface area contributed by atoms with Gasteiger partial charge in [-0.1, -0.05) is 28.1 Å². The van der Waals surface area contributed by atoms with Crippen LogP contribution in [0.15, 0.2) is 46.9 Å². The van der Waals surface area contributed by atoms with E-state index in [1.54, 1.807) is 14.2 Å². The Bertz CT molecular complexity index is 587. The monoisotopic (exact) mass is 349 g/mol. The summed E-state index contributed by atoms with van der Waals surface area (Å²) in [4.78, 5) is 0. The van der Waals surface area contributed by atoms with E-state index in [1.165, 1.54) is 11.1 Å². The first-order valence-corrected chi connectivity index (χ1v) is 7.68. The summed E-state index contributed by atoms with van der Waals surface area (Å²) in [5.74, 6) is 1.78. The van der Waals surface area contributed by atoms with Crippen molar-refractivity contribution in [2.75, 3.05) is 20.8 Å². The van der Waals surface area contributed by atoms with Crippen LogP contribution in [0.5, 0.6) is 11.5 Å². The van der Waals surface area contributed by atoms with Gasteiger partial charge >= 0.3 is 0 Å². The molecular formula is C17H20BrNO2. The molecule has 4 heteroatoms. The highest BCUT2D eigenvalue weighted by molar-refractivity contribution is 9.10. The zero-order valence-corrected chi connectivity index (χ0v) is 13.9. The predicted molar refractivity (Wildman–Crippen MR) is 89.1 cm³/mol. The van der Waals surface area contributed by atoms with E-state index < -0.39 is 0 Å². The molecule has 0 aliphatic carbocycles. The Balaban J connectivity index is 1.84. The molecule has 0 saturated carbocycles. The van der Waals surface area contributed by atoms with E-state index in [4.69, 9.17) is 9.47 Å². The maximum atomic E-state index is 5.25. The molecule has 0 bridgehead atoms. The van der Waals surface area contributed by atoms with Crippen molar-refractivity contribution in [1.29, 1.82) is 0 Å². The molecule has 0 radical (unpaired) electrons. The maximum absolute atomic E-state index is 5.25. The fourth-order valence-electron chi connectivity index (χ4n) is 2.10. The number of hydrogen-bond acceptors (Lipinski definition) is 3. The van der Waals surface area contributed by atoms with Crippen molar-refractivity contribution in [2.24, 2.45) is 0 Å². The second-order valence-electron chi connectivity index (χ2n) is 4.74. The zero-order chi connectivity index (χ0) is 15.1. The molecule has 0 fully saturated rings. The largest absolute Gasteiger partial charge is 0.497 e. The molecule has 0 aliphatic heterocycles. The van der Waals surface area contributed by atoms with Crippen molar-refractivity contribution in [3.05, 3.63) is 58.1 Å². The van der Waals surface area contributed by atoms with Crippen LogP contribution in [0, 0.1) is 0 Å². The van der Waals surface area contributed by atoms with Crippen molar-refractivity contribution in [3.63, 3.8) is 0 Å². The number of nitrogens with one attached hydrogen (secondary N) is 1. The minimum Gasteiger partial charge on any atom is -0.497 e. The predicted octanol–water partition coefficient (Wildman–Crippen LogP) is 3.80. The molecule has 3 nitrogen and oxygen atoms in total. The Morgan fingerprint density at radius 2 is 1.76 bits per heavy atom. The van der Waals surface area contributed by atoms with Gasteiger partial charge in [0.1, 0.15) is 11.5 Å². The minimum atomic E-state index is 0.807. The molecule has 21 heavy (non-hydrogen) atoms. The average molecular weight is 350 g/mol. The molecule has 2 rings (SSSR count). The maximum Gasteiger partial charge on any atom is 0.119 e. The normalized spacial score (nSPS) is 10.4. The molecule has 0 spiro atoms. The molecule has 0 unspecified atom stereocenters. The minimum absolute atomic E-state index is 0.807. The lowest BCUT2D eigenvalue weighted by molar-refractivity contribution is 0.413. The lowest BCUT2D eigenvalue weighted by Gasteiger charge is -2.09. The molecule has 0 saturated heterocycles. The van der Waals surface area contributed by atoms with E-state index in [0.717, 1.165) is 35.5 Å². The van der Waals surface area contributed by atoms with Gasteiger partial charge < -0.3 is 14.8 Å². The summed E-state index contributed by atoms with van der Waals surface area (Å²) in [6, 6.07) is 14.2. The fourth-order valence-corrected chi connectivity index (χ4v) is 2.48. The van der Waals surface area contributed by atoms with Gasteiger partial charge in [-0.2, -0.15) is 0 Å². The highest BCUT2D eigenvalue weighted by atomic mass is 79.9. The summed E-state index contributed by atoms with van der Waals surface area (Å²) >= 11 is 3.56. The summed E-state index contributed by atoms with van der Waals surface area (Å²) in [5, 5.41) is 3.45. The van der Waals surface area contributed by atoms with E-state index in [0.29, 0.717) is 0 Å². The van der Waals surface area contributed by atoms with Crippen LogP contribution in [-0.4, -0.2) is 20.8 Å². The second kappa shape index (κ2) is 8.05. The summed E-state index contributed by atoms with van der Waals surface area (Å²) in [6.07, 6.45) is 0.971. The van der Waals surface area contributed by atoms with Crippen LogP contribution < -0.4 is 14.8 Å². The first-order valence-electron chi connectivity index (χ1n) is 6.89. The number of benzene rings is 2. The molecule has 2 aromatic carbocycles. The van der Waals surface area contributed by atoms with Crippen LogP contribution >= 0.6 is 15.9 Å². The third-order valence-corrected chi connectivity index (χ3v) is 4.07. The number of ether oxygens (including phenoxy) is 2. The lowest BCUT2D eigenvalue weighted by Crippen LogP contribution is -2.17. The van der Waals surface area contributed by atoms with Gasteiger partial charge in [-0.3, -0.25) is 0 Å². The number of halogens is 1. The Hall–Kier alpha value is -1.52. The quantitative estimate of drug-likeness (QED) is 0.771. The van der Waals surface area contributed by atoms with Gasteiger partial charge in [-0.25, -0.2) is 0 Å². The summed E-state index contributed by atoms with van der Waals surface area (Å²) in [7, 11) is 3.38. The van der Waals surface area contributed by atoms with Crippen molar-refractivity contribution in [3.8, 4) is 11.5 Å². The Morgan fingerprint density at radius 1 is 1.00 bits per heavy atom. The molecule has 2 aromatic rings. The SMILES string of the molecule is COc1cccc(CCNCc2cc(OC)ccc2Br)c1. The summed E-state index contributed by atoms with van der Waals surface area (Å²) < 4.78 is 11.6. The molecule has 0 atom stereocenters. The van der Waals surface area contributed by atoms with Crippen LogP contribution in [-0.2, 0) is 13.0 Å². The fraction of sp³-hybridized carbons (Fsp3) is 0.294. The highest BCUT2D eigenvalue weighted by Gasteiger charge is 2.02. The van der Waals surface area contributed by atoms with Crippen LogP contribution in [0.2, 0.25) is 0 Å². The zero-order valence-electron chi connectivity index (χ0n) is 12.4. The molecule has 0 aliphatic rings. The van der Waals surface area contributed by atoms with Crippen LogP contribution in [0.3, 0.4) is 0 Å². The molecule has 0 aromatic heterocycles. The molecule has 1 N–H and O–H groups in total. The first kappa shape index (κ1) is 15.9. The van der Waals surface area contributed by atoms with Gasteiger partial charge in [0.2, 0.25) is 0 Å². The smallest absolute Gasteiger partial charge is 0.119 e. The topological polar surface area (TPSA) is 30.5 Å². The van der Waals surface area contributed by atoms with Crippen LogP contribution in [0.4, 0.5) is 0 Å². The Kier molecular flexibility index (Phi) is 6.08. The van der Waals surface area contributed by atoms with Gasteiger partial charge in [0, 0.05) is 11.0 Å². The summed E-state index contributed by atoms with van der Waals surface area (Å²) in [6.45, 7) is 1.72. The van der Waals surface area contributed by atoms with Crippen molar-refractivity contribution in [2.45, 2.75) is 13.0 Å². The van der Waals surface area contributed by atoms with Gasteiger partial charge in [0.25, 0.3) is 0 Å². The summed E-state index contributed by atoms with van der Waals surface area (Å²) in [5.41, 5.74) is 2.46. The Labute approximate surface area is 134 Å². The Morgan fingerprint density at radius 3 is 2.52 bits per heavy atom. The van der Waals surface area contributed by atoms with Crippen molar-refractivity contribution >= 4 is 15.9 Å². The number of hydrogen-bond donors (Lipinski definition) is 1. The van der Waals surface area contributed by atoms with Gasteiger partial charge in [0.15, 0.2) is 0 Å². The molecular weight excluding hydrogens is 330 g/mol. The van der Waals surface area contributed by atoms with Crippen molar-refractivity contribution in [1.82, 2.24) is 5.32 Å².